The predicted molar refractivity (Wildman–Crippen MR) is 118 cm³/mol. The summed E-state index contributed by atoms with van der Waals surface area (Å²) >= 11 is 3.51. The van der Waals surface area contributed by atoms with Gasteiger partial charge in [0.25, 0.3) is 0 Å². The van der Waals surface area contributed by atoms with Crippen molar-refractivity contribution >= 4 is 33.4 Å². The van der Waals surface area contributed by atoms with Crippen LogP contribution in [0.15, 0.2) is 59.1 Å². The quantitative estimate of drug-likeness (QED) is 0.650. The Kier molecular flexibility index (Phi) is 6.31. The molecule has 0 saturated carbocycles. The number of piperazine rings is 1. The second-order valence-corrected chi connectivity index (χ2v) is 8.54. The van der Waals surface area contributed by atoms with Crippen molar-refractivity contribution in [3.63, 3.8) is 0 Å². The molecule has 0 aromatic heterocycles. The molecule has 2 aromatic rings. The lowest BCUT2D eigenvalue weighted by molar-refractivity contribution is -0.141. The van der Waals surface area contributed by atoms with Crippen molar-refractivity contribution < 1.29 is 9.59 Å². The van der Waals surface area contributed by atoms with Gasteiger partial charge in [0.2, 0.25) is 11.8 Å². The SMILES string of the molecule is O=C(C1CCN(c2ccccc2Br)C1=O)N1CCN(CCc2ccccc2)CC1. The third-order valence-corrected chi connectivity index (χ3v) is 6.56. The van der Waals surface area contributed by atoms with E-state index in [1.807, 2.05) is 35.2 Å². The van der Waals surface area contributed by atoms with Gasteiger partial charge in [-0.2, -0.15) is 0 Å². The van der Waals surface area contributed by atoms with Crippen LogP contribution in [0.1, 0.15) is 12.0 Å². The number of rotatable bonds is 5. The second kappa shape index (κ2) is 9.09. The number of hydrogen-bond donors (Lipinski definition) is 0. The van der Waals surface area contributed by atoms with E-state index < -0.39 is 5.92 Å². The molecular weight excluding hydrogens is 430 g/mol. The Labute approximate surface area is 180 Å². The van der Waals surface area contributed by atoms with Gasteiger partial charge in [-0.15, -0.1) is 0 Å². The molecule has 0 bridgehead atoms. The van der Waals surface area contributed by atoms with E-state index in [0.29, 0.717) is 26.1 Å². The molecule has 1 unspecified atom stereocenters. The summed E-state index contributed by atoms with van der Waals surface area (Å²) in [5, 5.41) is 0. The summed E-state index contributed by atoms with van der Waals surface area (Å²) in [4.78, 5) is 31.9. The molecule has 2 saturated heterocycles. The topological polar surface area (TPSA) is 43.9 Å². The van der Waals surface area contributed by atoms with Crippen LogP contribution in [0, 0.1) is 5.92 Å². The van der Waals surface area contributed by atoms with Gasteiger partial charge in [0, 0.05) is 43.7 Å². The molecule has 2 heterocycles. The molecular formula is C23H26BrN3O2. The molecule has 0 radical (unpaired) electrons. The van der Waals surface area contributed by atoms with Gasteiger partial charge < -0.3 is 9.80 Å². The number of carbonyl (C=O) groups is 2. The van der Waals surface area contributed by atoms with Crippen molar-refractivity contribution in [1.82, 2.24) is 9.80 Å². The fourth-order valence-corrected chi connectivity index (χ4v) is 4.66. The first-order valence-electron chi connectivity index (χ1n) is 10.2. The Morgan fingerprint density at radius 2 is 1.62 bits per heavy atom. The van der Waals surface area contributed by atoms with Crippen molar-refractivity contribution in [3.8, 4) is 0 Å². The fourth-order valence-electron chi connectivity index (χ4n) is 4.16. The average molecular weight is 456 g/mol. The molecule has 2 aliphatic heterocycles. The number of para-hydroxylation sites is 1. The van der Waals surface area contributed by atoms with Crippen LogP contribution in [-0.4, -0.2) is 60.9 Å². The molecule has 2 aromatic carbocycles. The van der Waals surface area contributed by atoms with Gasteiger partial charge in [-0.25, -0.2) is 0 Å². The summed E-state index contributed by atoms with van der Waals surface area (Å²) in [6.07, 6.45) is 1.62. The fraction of sp³-hybridized carbons (Fsp3) is 0.391. The number of amides is 2. The average Bonchev–Trinajstić information content (AvgIpc) is 3.14. The van der Waals surface area contributed by atoms with Crippen LogP contribution in [0.5, 0.6) is 0 Å². The third-order valence-electron chi connectivity index (χ3n) is 5.89. The Bertz CT molecular complexity index is 865. The zero-order valence-electron chi connectivity index (χ0n) is 16.5. The molecule has 1 atom stereocenters. The van der Waals surface area contributed by atoms with E-state index >= 15 is 0 Å². The maximum Gasteiger partial charge on any atom is 0.239 e. The highest BCUT2D eigenvalue weighted by Crippen LogP contribution is 2.32. The number of hydrogen-bond acceptors (Lipinski definition) is 3. The van der Waals surface area contributed by atoms with Gasteiger partial charge in [0.05, 0.1) is 5.69 Å². The minimum Gasteiger partial charge on any atom is -0.339 e. The molecule has 4 rings (SSSR count). The predicted octanol–water partition coefficient (Wildman–Crippen LogP) is 3.19. The first kappa shape index (κ1) is 20.1. The molecule has 152 valence electrons. The van der Waals surface area contributed by atoms with Crippen molar-refractivity contribution in [2.45, 2.75) is 12.8 Å². The zero-order valence-corrected chi connectivity index (χ0v) is 18.1. The summed E-state index contributed by atoms with van der Waals surface area (Å²) in [5.74, 6) is -0.626. The number of halogens is 1. The van der Waals surface area contributed by atoms with Crippen molar-refractivity contribution in [3.05, 3.63) is 64.6 Å². The second-order valence-electron chi connectivity index (χ2n) is 7.69. The van der Waals surface area contributed by atoms with Crippen LogP contribution in [0.4, 0.5) is 5.69 Å². The van der Waals surface area contributed by atoms with E-state index in [0.717, 1.165) is 36.2 Å². The Balaban J connectivity index is 1.30. The van der Waals surface area contributed by atoms with Gasteiger partial charge in [0.15, 0.2) is 0 Å². The van der Waals surface area contributed by atoms with E-state index in [4.69, 9.17) is 0 Å². The van der Waals surface area contributed by atoms with Crippen LogP contribution >= 0.6 is 15.9 Å². The van der Waals surface area contributed by atoms with Gasteiger partial charge in [-0.05, 0) is 46.5 Å². The Morgan fingerprint density at radius 3 is 2.34 bits per heavy atom. The van der Waals surface area contributed by atoms with Crippen LogP contribution in [0.3, 0.4) is 0 Å². The largest absolute Gasteiger partial charge is 0.339 e. The number of benzene rings is 2. The minimum atomic E-state index is -0.544. The van der Waals surface area contributed by atoms with Gasteiger partial charge >= 0.3 is 0 Å². The van der Waals surface area contributed by atoms with Crippen LogP contribution in [0.25, 0.3) is 0 Å². The van der Waals surface area contributed by atoms with E-state index in [1.54, 1.807) is 4.90 Å². The Morgan fingerprint density at radius 1 is 0.931 bits per heavy atom. The lowest BCUT2D eigenvalue weighted by Gasteiger charge is -2.35. The number of anilines is 1. The lowest BCUT2D eigenvalue weighted by Crippen LogP contribution is -2.51. The molecule has 6 heteroatoms. The maximum absolute atomic E-state index is 13.0. The maximum atomic E-state index is 13.0. The van der Waals surface area contributed by atoms with Gasteiger partial charge in [0.1, 0.15) is 5.92 Å². The molecule has 5 nitrogen and oxygen atoms in total. The Hall–Kier alpha value is -2.18. The standard InChI is InChI=1S/C23H26BrN3O2/c24-20-8-4-5-9-21(20)27-13-11-19(23(27)29)22(28)26-16-14-25(15-17-26)12-10-18-6-2-1-3-7-18/h1-9,19H,10-17H2. The zero-order chi connectivity index (χ0) is 20.2. The van der Waals surface area contributed by atoms with E-state index in [9.17, 15) is 9.59 Å². The van der Waals surface area contributed by atoms with Crippen LogP contribution in [-0.2, 0) is 16.0 Å². The lowest BCUT2D eigenvalue weighted by atomic mass is 10.1. The van der Waals surface area contributed by atoms with E-state index in [1.165, 1.54) is 5.56 Å². The van der Waals surface area contributed by atoms with Crippen molar-refractivity contribution in [1.29, 1.82) is 0 Å². The summed E-state index contributed by atoms with van der Waals surface area (Å²) in [6, 6.07) is 18.2. The molecule has 2 amide bonds. The van der Waals surface area contributed by atoms with E-state index in [-0.39, 0.29) is 11.8 Å². The number of nitrogens with zero attached hydrogens (tertiary/aromatic N) is 3. The molecule has 0 N–H and O–H groups in total. The summed E-state index contributed by atoms with van der Waals surface area (Å²) in [5.41, 5.74) is 2.19. The monoisotopic (exact) mass is 455 g/mol. The summed E-state index contributed by atoms with van der Waals surface area (Å²) < 4.78 is 0.883. The first-order valence-corrected chi connectivity index (χ1v) is 11.0. The van der Waals surface area contributed by atoms with Crippen molar-refractivity contribution in [2.24, 2.45) is 5.92 Å². The highest BCUT2D eigenvalue weighted by molar-refractivity contribution is 9.10. The van der Waals surface area contributed by atoms with Crippen LogP contribution in [0.2, 0.25) is 0 Å². The molecule has 0 aliphatic carbocycles. The van der Waals surface area contributed by atoms with Crippen LogP contribution < -0.4 is 4.90 Å². The number of carbonyl (C=O) groups excluding carboxylic acids is 2. The summed E-state index contributed by atoms with van der Waals surface area (Å²) in [6.45, 7) is 4.73. The highest BCUT2D eigenvalue weighted by Gasteiger charge is 2.40. The highest BCUT2D eigenvalue weighted by atomic mass is 79.9. The minimum absolute atomic E-state index is 0.00716. The normalized spacial score (nSPS) is 20.3. The van der Waals surface area contributed by atoms with Crippen molar-refractivity contribution in [2.75, 3.05) is 44.2 Å². The molecule has 2 aliphatic rings. The summed E-state index contributed by atoms with van der Waals surface area (Å²) in [7, 11) is 0. The molecule has 29 heavy (non-hydrogen) atoms. The first-order chi connectivity index (χ1) is 14.1. The molecule has 0 spiro atoms. The smallest absolute Gasteiger partial charge is 0.239 e. The molecule has 2 fully saturated rings. The third kappa shape index (κ3) is 4.54. The van der Waals surface area contributed by atoms with Gasteiger partial charge in [-0.1, -0.05) is 42.5 Å². The van der Waals surface area contributed by atoms with Gasteiger partial charge in [-0.3, -0.25) is 14.5 Å². The van der Waals surface area contributed by atoms with E-state index in [2.05, 4.69) is 45.1 Å².